The summed E-state index contributed by atoms with van der Waals surface area (Å²) in [7, 11) is 0. The summed E-state index contributed by atoms with van der Waals surface area (Å²) >= 11 is 0. The summed E-state index contributed by atoms with van der Waals surface area (Å²) in [6.07, 6.45) is 0.0443. The number of fused-ring (bicyclic) bond motifs is 1. The molecule has 1 aromatic carbocycles. The molecule has 1 heterocycles. The molecule has 5 nitrogen and oxygen atoms in total. The Bertz CT molecular complexity index is 648. The van der Waals surface area contributed by atoms with Gasteiger partial charge in [0.2, 0.25) is 0 Å². The molecule has 1 aromatic heterocycles. The minimum atomic E-state index is -0.846. The minimum Gasteiger partial charge on any atom is -0.481 e. The Labute approximate surface area is 110 Å². The number of nitrogens with one attached hydrogen (secondary N) is 1. The van der Waals surface area contributed by atoms with E-state index in [2.05, 4.69) is 4.98 Å². The summed E-state index contributed by atoms with van der Waals surface area (Å²) in [5, 5.41) is 10.2. The second-order valence-corrected chi connectivity index (χ2v) is 4.29. The standard InChI is InChI=1S/C14H16N2O3/c1-2-16(8-7-13(17)18)12-9-10-5-3-4-6-11(10)14(19)15-12/h3-6,9H,2,7-8H2,1H3,(H,15,19)(H,17,18). The van der Waals surface area contributed by atoms with Gasteiger partial charge in [-0.1, -0.05) is 18.2 Å². The third-order valence-electron chi connectivity index (χ3n) is 3.06. The van der Waals surface area contributed by atoms with Crippen molar-refractivity contribution in [1.29, 1.82) is 0 Å². The van der Waals surface area contributed by atoms with Crippen molar-refractivity contribution in [2.45, 2.75) is 13.3 Å². The number of nitrogens with zero attached hydrogens (tertiary/aromatic N) is 1. The van der Waals surface area contributed by atoms with E-state index in [-0.39, 0.29) is 12.0 Å². The second kappa shape index (κ2) is 5.56. The highest BCUT2D eigenvalue weighted by atomic mass is 16.4. The SMILES string of the molecule is CCN(CCC(=O)O)c1cc2ccccc2c(=O)[nH]1. The number of hydrogen-bond acceptors (Lipinski definition) is 3. The third kappa shape index (κ3) is 2.93. The summed E-state index contributed by atoms with van der Waals surface area (Å²) in [5.74, 6) is -0.186. The Hall–Kier alpha value is -2.30. The molecule has 0 aliphatic rings. The first-order valence-electron chi connectivity index (χ1n) is 6.20. The van der Waals surface area contributed by atoms with E-state index in [9.17, 15) is 9.59 Å². The molecule has 0 saturated heterocycles. The second-order valence-electron chi connectivity index (χ2n) is 4.29. The highest BCUT2D eigenvalue weighted by Crippen LogP contribution is 2.16. The van der Waals surface area contributed by atoms with Gasteiger partial charge in [0, 0.05) is 18.5 Å². The van der Waals surface area contributed by atoms with Crippen molar-refractivity contribution < 1.29 is 9.90 Å². The van der Waals surface area contributed by atoms with Crippen LogP contribution in [0.15, 0.2) is 35.1 Å². The molecule has 0 aliphatic heterocycles. The van der Waals surface area contributed by atoms with Crippen LogP contribution >= 0.6 is 0 Å². The van der Waals surface area contributed by atoms with Crippen molar-refractivity contribution in [2.24, 2.45) is 0 Å². The van der Waals surface area contributed by atoms with Crippen molar-refractivity contribution in [3.63, 3.8) is 0 Å². The molecule has 0 bridgehead atoms. The van der Waals surface area contributed by atoms with Crippen molar-refractivity contribution >= 4 is 22.6 Å². The van der Waals surface area contributed by atoms with Gasteiger partial charge >= 0.3 is 5.97 Å². The molecular formula is C14H16N2O3. The Morgan fingerprint density at radius 3 is 2.79 bits per heavy atom. The Morgan fingerprint density at radius 2 is 2.11 bits per heavy atom. The summed E-state index contributed by atoms with van der Waals surface area (Å²) in [6, 6.07) is 9.21. The number of anilines is 1. The predicted octanol–water partition coefficient (Wildman–Crippen LogP) is 1.83. The van der Waals surface area contributed by atoms with E-state index in [1.165, 1.54) is 0 Å². The maximum Gasteiger partial charge on any atom is 0.305 e. The van der Waals surface area contributed by atoms with Crippen LogP contribution in [0.5, 0.6) is 0 Å². The number of pyridine rings is 1. The molecule has 2 aromatic rings. The van der Waals surface area contributed by atoms with Gasteiger partial charge in [-0.25, -0.2) is 0 Å². The summed E-state index contributed by atoms with van der Waals surface area (Å²) in [5.41, 5.74) is -0.151. The first-order chi connectivity index (χ1) is 9.11. The number of hydrogen-bond donors (Lipinski definition) is 2. The molecule has 0 atom stereocenters. The van der Waals surface area contributed by atoms with Crippen LogP contribution in [0.2, 0.25) is 0 Å². The molecule has 5 heteroatoms. The lowest BCUT2D eigenvalue weighted by atomic mass is 10.1. The van der Waals surface area contributed by atoms with E-state index in [4.69, 9.17) is 5.11 Å². The average Bonchev–Trinajstić information content (AvgIpc) is 2.39. The maximum atomic E-state index is 12.0. The number of aromatic nitrogens is 1. The summed E-state index contributed by atoms with van der Waals surface area (Å²) in [4.78, 5) is 27.2. The molecule has 0 unspecified atom stereocenters. The number of rotatable bonds is 5. The molecule has 0 radical (unpaired) electrons. The monoisotopic (exact) mass is 260 g/mol. The van der Waals surface area contributed by atoms with E-state index >= 15 is 0 Å². The average molecular weight is 260 g/mol. The van der Waals surface area contributed by atoms with E-state index < -0.39 is 5.97 Å². The molecule has 100 valence electrons. The fourth-order valence-electron chi connectivity index (χ4n) is 2.05. The molecule has 19 heavy (non-hydrogen) atoms. The first-order valence-corrected chi connectivity index (χ1v) is 6.20. The van der Waals surface area contributed by atoms with Crippen LogP contribution in [0.25, 0.3) is 10.8 Å². The number of benzene rings is 1. The zero-order valence-corrected chi connectivity index (χ0v) is 10.7. The smallest absolute Gasteiger partial charge is 0.305 e. The molecule has 0 fully saturated rings. The maximum absolute atomic E-state index is 12.0. The van der Waals surface area contributed by atoms with Crippen molar-refractivity contribution in [3.8, 4) is 0 Å². The highest BCUT2D eigenvalue weighted by Gasteiger charge is 2.09. The molecule has 0 saturated carbocycles. The fraction of sp³-hybridized carbons (Fsp3) is 0.286. The number of carboxylic acid groups (broad SMARTS) is 1. The van der Waals surface area contributed by atoms with Gasteiger partial charge in [-0.05, 0) is 24.4 Å². The predicted molar refractivity (Wildman–Crippen MR) is 74.7 cm³/mol. The quantitative estimate of drug-likeness (QED) is 0.860. The van der Waals surface area contributed by atoms with Crippen LogP contribution in [-0.2, 0) is 4.79 Å². The topological polar surface area (TPSA) is 73.4 Å². The molecule has 0 spiro atoms. The summed E-state index contributed by atoms with van der Waals surface area (Å²) < 4.78 is 0. The van der Waals surface area contributed by atoms with Gasteiger partial charge in [0.05, 0.1) is 6.42 Å². The van der Waals surface area contributed by atoms with Crippen LogP contribution in [0.3, 0.4) is 0 Å². The zero-order chi connectivity index (χ0) is 13.8. The normalized spacial score (nSPS) is 10.6. The van der Waals surface area contributed by atoms with Crippen molar-refractivity contribution in [1.82, 2.24) is 4.98 Å². The lowest BCUT2D eigenvalue weighted by Gasteiger charge is -2.21. The highest BCUT2D eigenvalue weighted by molar-refractivity contribution is 5.83. The lowest BCUT2D eigenvalue weighted by Crippen LogP contribution is -2.28. The van der Waals surface area contributed by atoms with Gasteiger partial charge in [-0.15, -0.1) is 0 Å². The van der Waals surface area contributed by atoms with E-state index in [0.29, 0.717) is 24.3 Å². The lowest BCUT2D eigenvalue weighted by molar-refractivity contribution is -0.136. The van der Waals surface area contributed by atoms with Gasteiger partial charge in [0.15, 0.2) is 0 Å². The van der Waals surface area contributed by atoms with Crippen LogP contribution in [0, 0.1) is 0 Å². The molecule has 2 rings (SSSR count). The zero-order valence-electron chi connectivity index (χ0n) is 10.7. The van der Waals surface area contributed by atoms with E-state index in [0.717, 1.165) is 5.39 Å². The minimum absolute atomic E-state index is 0.0443. The van der Waals surface area contributed by atoms with Gasteiger partial charge in [0.1, 0.15) is 5.82 Å². The van der Waals surface area contributed by atoms with Crippen LogP contribution in [0.1, 0.15) is 13.3 Å². The number of carboxylic acids is 1. The van der Waals surface area contributed by atoms with Crippen LogP contribution in [0.4, 0.5) is 5.82 Å². The Morgan fingerprint density at radius 1 is 1.37 bits per heavy atom. The van der Waals surface area contributed by atoms with Crippen LogP contribution < -0.4 is 10.5 Å². The number of aliphatic carboxylic acids is 1. The molecule has 0 aliphatic carbocycles. The van der Waals surface area contributed by atoms with Gasteiger partial charge in [-0.3, -0.25) is 9.59 Å². The Kier molecular flexibility index (Phi) is 3.85. The molecular weight excluding hydrogens is 244 g/mol. The van der Waals surface area contributed by atoms with Crippen LogP contribution in [-0.4, -0.2) is 29.1 Å². The Balaban J connectivity index is 2.38. The van der Waals surface area contributed by atoms with Gasteiger partial charge < -0.3 is 15.0 Å². The third-order valence-corrected chi connectivity index (χ3v) is 3.06. The number of H-pyrrole nitrogens is 1. The number of aromatic amines is 1. The largest absolute Gasteiger partial charge is 0.481 e. The van der Waals surface area contributed by atoms with E-state index in [1.807, 2.05) is 36.1 Å². The van der Waals surface area contributed by atoms with Crippen molar-refractivity contribution in [3.05, 3.63) is 40.7 Å². The molecule has 0 amide bonds. The van der Waals surface area contributed by atoms with Gasteiger partial charge in [-0.2, -0.15) is 0 Å². The fourth-order valence-corrected chi connectivity index (χ4v) is 2.05. The van der Waals surface area contributed by atoms with Gasteiger partial charge in [0.25, 0.3) is 5.56 Å². The van der Waals surface area contributed by atoms with E-state index in [1.54, 1.807) is 6.07 Å². The first kappa shape index (κ1) is 13.1. The number of carbonyl (C=O) groups is 1. The van der Waals surface area contributed by atoms with Crippen molar-refractivity contribution in [2.75, 3.05) is 18.0 Å². The summed E-state index contributed by atoms with van der Waals surface area (Å²) in [6.45, 7) is 2.94. The molecule has 2 N–H and O–H groups in total.